The van der Waals surface area contributed by atoms with Crippen molar-refractivity contribution in [3.63, 3.8) is 0 Å². The summed E-state index contributed by atoms with van der Waals surface area (Å²) >= 11 is 6.64. The number of thiocarbonyl (C=S) groups is 1. The Bertz CT molecular complexity index is 683. The second-order valence-corrected chi connectivity index (χ2v) is 8.26. The fourth-order valence-corrected chi connectivity index (χ4v) is 3.90. The minimum Gasteiger partial charge on any atom is -0.493 e. The molecular weight excluding hydrogens is 354 g/mol. The monoisotopic (exact) mass is 379 g/mol. The van der Waals surface area contributed by atoms with Gasteiger partial charge in [0.1, 0.15) is 4.32 Å². The van der Waals surface area contributed by atoms with E-state index in [1.165, 1.54) is 11.8 Å². The molecule has 1 fully saturated rings. The highest BCUT2D eigenvalue weighted by atomic mass is 32.2. The molecule has 1 aliphatic rings. The molecule has 0 radical (unpaired) electrons. The van der Waals surface area contributed by atoms with Crippen molar-refractivity contribution in [1.82, 2.24) is 4.90 Å². The summed E-state index contributed by atoms with van der Waals surface area (Å²) in [6.07, 6.45) is 2.84. The normalized spacial score (nSPS) is 16.4. The zero-order chi connectivity index (χ0) is 18.6. The Morgan fingerprint density at radius 2 is 1.96 bits per heavy atom. The summed E-state index contributed by atoms with van der Waals surface area (Å²) in [6.45, 7) is 8.90. The molecule has 1 aromatic carbocycles. The van der Waals surface area contributed by atoms with E-state index < -0.39 is 0 Å². The maximum atomic E-state index is 12.5. The summed E-state index contributed by atoms with van der Waals surface area (Å²) in [5, 5.41) is 0. The molecule has 1 saturated heterocycles. The molecule has 0 atom stereocenters. The Morgan fingerprint density at radius 3 is 2.52 bits per heavy atom. The number of amides is 1. The van der Waals surface area contributed by atoms with Gasteiger partial charge in [-0.2, -0.15) is 0 Å². The van der Waals surface area contributed by atoms with E-state index >= 15 is 0 Å². The summed E-state index contributed by atoms with van der Waals surface area (Å²) in [6, 6.07) is 5.75. The van der Waals surface area contributed by atoms with Crippen molar-refractivity contribution in [2.75, 3.05) is 13.7 Å². The molecule has 0 aromatic heterocycles. The number of nitrogens with zero attached hydrogens (tertiary/aromatic N) is 1. The van der Waals surface area contributed by atoms with Gasteiger partial charge >= 0.3 is 0 Å². The van der Waals surface area contributed by atoms with Gasteiger partial charge in [-0.3, -0.25) is 9.69 Å². The Labute approximate surface area is 159 Å². The molecule has 25 heavy (non-hydrogen) atoms. The Balaban J connectivity index is 2.18. The molecule has 1 heterocycles. The van der Waals surface area contributed by atoms with Crippen molar-refractivity contribution < 1.29 is 14.3 Å². The Kier molecular flexibility index (Phi) is 6.90. The topological polar surface area (TPSA) is 38.8 Å². The molecule has 2 rings (SSSR count). The third-order valence-electron chi connectivity index (χ3n) is 3.78. The summed E-state index contributed by atoms with van der Waals surface area (Å²) < 4.78 is 11.8. The first-order valence-corrected chi connectivity index (χ1v) is 9.63. The molecule has 0 spiro atoms. The number of methoxy groups -OCH3 is 1. The molecule has 0 aliphatic carbocycles. The predicted molar refractivity (Wildman–Crippen MR) is 108 cm³/mol. The highest BCUT2D eigenvalue weighted by molar-refractivity contribution is 8.26. The summed E-state index contributed by atoms with van der Waals surface area (Å²) in [5.41, 5.74) is 0.886. The van der Waals surface area contributed by atoms with E-state index in [0.717, 1.165) is 17.7 Å². The molecule has 0 bridgehead atoms. The summed E-state index contributed by atoms with van der Waals surface area (Å²) in [5.74, 6) is 1.93. The van der Waals surface area contributed by atoms with E-state index in [0.29, 0.717) is 27.5 Å². The van der Waals surface area contributed by atoms with E-state index in [1.54, 1.807) is 12.0 Å². The van der Waals surface area contributed by atoms with Crippen LogP contribution in [-0.2, 0) is 4.79 Å². The van der Waals surface area contributed by atoms with Gasteiger partial charge in [-0.15, -0.1) is 0 Å². The lowest BCUT2D eigenvalue weighted by molar-refractivity contribution is -0.123. The van der Waals surface area contributed by atoms with Gasteiger partial charge in [0, 0.05) is 6.04 Å². The van der Waals surface area contributed by atoms with E-state index in [-0.39, 0.29) is 11.9 Å². The van der Waals surface area contributed by atoms with Gasteiger partial charge < -0.3 is 9.47 Å². The van der Waals surface area contributed by atoms with Crippen LogP contribution in [0.4, 0.5) is 0 Å². The molecule has 0 unspecified atom stereocenters. The van der Waals surface area contributed by atoms with Crippen molar-refractivity contribution in [1.29, 1.82) is 0 Å². The first-order valence-electron chi connectivity index (χ1n) is 8.41. The van der Waals surface area contributed by atoms with Crippen molar-refractivity contribution in [2.45, 2.75) is 40.2 Å². The molecule has 6 heteroatoms. The van der Waals surface area contributed by atoms with E-state index in [9.17, 15) is 4.79 Å². The minimum atomic E-state index is -0.0405. The van der Waals surface area contributed by atoms with Gasteiger partial charge in [0.2, 0.25) is 0 Å². The zero-order valence-electron chi connectivity index (χ0n) is 15.4. The van der Waals surface area contributed by atoms with Crippen LogP contribution in [0, 0.1) is 5.92 Å². The highest BCUT2D eigenvalue weighted by Crippen LogP contribution is 2.35. The number of carbonyl (C=O) groups excluding carboxylic acids is 1. The quantitative estimate of drug-likeness (QED) is 0.506. The Morgan fingerprint density at radius 1 is 1.24 bits per heavy atom. The van der Waals surface area contributed by atoms with Crippen molar-refractivity contribution in [2.24, 2.45) is 5.92 Å². The molecular formula is C19H25NO3S2. The number of rotatable bonds is 7. The molecule has 1 aromatic rings. The van der Waals surface area contributed by atoms with Crippen LogP contribution in [0.1, 0.15) is 39.7 Å². The smallest absolute Gasteiger partial charge is 0.266 e. The average Bonchev–Trinajstić information content (AvgIpc) is 2.82. The lowest BCUT2D eigenvalue weighted by Crippen LogP contribution is -2.34. The first kappa shape index (κ1) is 19.8. The molecule has 0 N–H and O–H groups in total. The van der Waals surface area contributed by atoms with Gasteiger partial charge in [-0.05, 0) is 50.0 Å². The minimum absolute atomic E-state index is 0.0405. The lowest BCUT2D eigenvalue weighted by Gasteiger charge is -2.18. The van der Waals surface area contributed by atoms with E-state index in [4.69, 9.17) is 21.7 Å². The second-order valence-electron chi connectivity index (χ2n) is 6.59. The third-order valence-corrected chi connectivity index (χ3v) is 5.11. The standard InChI is InChI=1S/C19H25NO3S2/c1-12(2)8-9-23-15-7-6-14(10-16(15)22-5)11-17-18(21)20(13(3)4)19(24)25-17/h6-7,10-13H,8-9H2,1-5H3/b17-11+. The van der Waals surface area contributed by atoms with Gasteiger partial charge in [0.05, 0.1) is 18.6 Å². The number of hydrogen-bond acceptors (Lipinski definition) is 5. The van der Waals surface area contributed by atoms with Crippen LogP contribution in [0.15, 0.2) is 23.1 Å². The molecule has 1 amide bonds. The maximum absolute atomic E-state index is 12.5. The van der Waals surface area contributed by atoms with Gasteiger partial charge in [0.15, 0.2) is 11.5 Å². The van der Waals surface area contributed by atoms with Crippen LogP contribution in [0.5, 0.6) is 11.5 Å². The van der Waals surface area contributed by atoms with Crippen LogP contribution >= 0.6 is 24.0 Å². The number of hydrogen-bond donors (Lipinski definition) is 0. The highest BCUT2D eigenvalue weighted by Gasteiger charge is 2.33. The van der Waals surface area contributed by atoms with E-state index in [2.05, 4.69) is 13.8 Å². The lowest BCUT2D eigenvalue weighted by atomic mass is 10.1. The van der Waals surface area contributed by atoms with Crippen LogP contribution in [0.3, 0.4) is 0 Å². The number of carbonyl (C=O) groups is 1. The predicted octanol–water partition coefficient (Wildman–Crippen LogP) is 4.73. The Hall–Kier alpha value is -1.53. The number of benzene rings is 1. The maximum Gasteiger partial charge on any atom is 0.266 e. The molecule has 4 nitrogen and oxygen atoms in total. The van der Waals surface area contributed by atoms with Crippen molar-refractivity contribution >= 4 is 40.3 Å². The number of thioether (sulfide) groups is 1. The number of ether oxygens (including phenoxy) is 2. The van der Waals surface area contributed by atoms with Gasteiger partial charge in [-0.1, -0.05) is 43.9 Å². The van der Waals surface area contributed by atoms with Crippen molar-refractivity contribution in [3.8, 4) is 11.5 Å². The zero-order valence-corrected chi connectivity index (χ0v) is 17.0. The van der Waals surface area contributed by atoms with Gasteiger partial charge in [-0.25, -0.2) is 0 Å². The molecule has 0 saturated carbocycles. The molecule has 1 aliphatic heterocycles. The SMILES string of the molecule is COc1cc(/C=C2/SC(=S)N(C(C)C)C2=O)ccc1OCCC(C)C. The summed E-state index contributed by atoms with van der Waals surface area (Å²) in [7, 11) is 1.62. The fraction of sp³-hybridized carbons (Fsp3) is 0.474. The fourth-order valence-electron chi connectivity index (χ4n) is 2.37. The first-order chi connectivity index (χ1) is 11.8. The van der Waals surface area contributed by atoms with E-state index in [1.807, 2.05) is 38.1 Å². The van der Waals surface area contributed by atoms with Crippen LogP contribution < -0.4 is 9.47 Å². The van der Waals surface area contributed by atoms with Gasteiger partial charge in [0.25, 0.3) is 5.91 Å². The largest absolute Gasteiger partial charge is 0.493 e. The molecule has 136 valence electrons. The van der Waals surface area contributed by atoms with Crippen LogP contribution in [0.25, 0.3) is 6.08 Å². The van der Waals surface area contributed by atoms with Crippen LogP contribution in [-0.4, -0.2) is 34.9 Å². The second kappa shape index (κ2) is 8.72. The average molecular weight is 380 g/mol. The van der Waals surface area contributed by atoms with Crippen molar-refractivity contribution in [3.05, 3.63) is 28.7 Å². The van der Waals surface area contributed by atoms with Crippen LogP contribution in [0.2, 0.25) is 0 Å². The third kappa shape index (κ3) is 4.98. The summed E-state index contributed by atoms with van der Waals surface area (Å²) in [4.78, 5) is 14.8.